The van der Waals surface area contributed by atoms with Crippen LogP contribution in [0.15, 0.2) is 0 Å². The summed E-state index contributed by atoms with van der Waals surface area (Å²) in [6.07, 6.45) is 6.53. The summed E-state index contributed by atoms with van der Waals surface area (Å²) in [7, 11) is 2.26. The van der Waals surface area contributed by atoms with Crippen molar-refractivity contribution >= 4 is 0 Å². The molecule has 0 bridgehead atoms. The van der Waals surface area contributed by atoms with Gasteiger partial charge in [0.2, 0.25) is 0 Å². The summed E-state index contributed by atoms with van der Waals surface area (Å²) in [6, 6.07) is 1.39. The molecule has 2 fully saturated rings. The largest absolute Gasteiger partial charge is 0.381 e. The van der Waals surface area contributed by atoms with E-state index in [2.05, 4.69) is 11.9 Å². The predicted octanol–water partition coefficient (Wildman–Crippen LogP) is 1.22. The van der Waals surface area contributed by atoms with Gasteiger partial charge in [0, 0.05) is 31.8 Å². The molecular formula is C12H24N2O. The molecule has 2 aliphatic rings. The molecule has 1 unspecified atom stereocenters. The quantitative estimate of drug-likeness (QED) is 0.761. The van der Waals surface area contributed by atoms with Gasteiger partial charge >= 0.3 is 0 Å². The molecule has 3 nitrogen and oxygen atoms in total. The lowest BCUT2D eigenvalue weighted by atomic mass is 9.85. The third-order valence-electron chi connectivity index (χ3n) is 4.23. The summed E-state index contributed by atoms with van der Waals surface area (Å²) in [5.41, 5.74) is 5.94. The molecule has 1 heterocycles. The van der Waals surface area contributed by atoms with E-state index in [4.69, 9.17) is 10.5 Å². The Kier molecular flexibility index (Phi) is 4.00. The van der Waals surface area contributed by atoms with Gasteiger partial charge in [-0.1, -0.05) is 6.42 Å². The van der Waals surface area contributed by atoms with Gasteiger partial charge in [0.05, 0.1) is 0 Å². The van der Waals surface area contributed by atoms with Crippen LogP contribution in [0.3, 0.4) is 0 Å². The number of nitrogens with zero attached hydrogens (tertiary/aromatic N) is 1. The lowest BCUT2D eigenvalue weighted by molar-refractivity contribution is 0.0119. The molecule has 1 atom stereocenters. The third kappa shape index (κ3) is 2.52. The lowest BCUT2D eigenvalue weighted by Crippen LogP contribution is -2.51. The molecule has 88 valence electrons. The Labute approximate surface area is 93.0 Å². The van der Waals surface area contributed by atoms with E-state index < -0.39 is 0 Å². The molecule has 0 aromatic rings. The summed E-state index contributed by atoms with van der Waals surface area (Å²) >= 11 is 0. The molecule has 0 amide bonds. The smallest absolute Gasteiger partial charge is 0.0469 e. The zero-order valence-electron chi connectivity index (χ0n) is 9.82. The molecule has 1 saturated heterocycles. The second-order valence-electron chi connectivity index (χ2n) is 5.00. The van der Waals surface area contributed by atoms with Crippen LogP contribution in [0.2, 0.25) is 0 Å². The van der Waals surface area contributed by atoms with Crippen LogP contribution in [-0.2, 0) is 4.74 Å². The van der Waals surface area contributed by atoms with Crippen molar-refractivity contribution in [2.75, 3.05) is 26.8 Å². The zero-order valence-corrected chi connectivity index (χ0v) is 9.82. The molecule has 0 radical (unpaired) electrons. The van der Waals surface area contributed by atoms with Crippen molar-refractivity contribution in [3.8, 4) is 0 Å². The van der Waals surface area contributed by atoms with E-state index in [9.17, 15) is 0 Å². The second-order valence-corrected chi connectivity index (χ2v) is 5.00. The summed E-state index contributed by atoms with van der Waals surface area (Å²) in [6.45, 7) is 2.66. The van der Waals surface area contributed by atoms with Gasteiger partial charge in [-0.2, -0.15) is 0 Å². The maximum Gasteiger partial charge on any atom is 0.0469 e. The number of rotatable bonds is 4. The Hall–Kier alpha value is -0.120. The van der Waals surface area contributed by atoms with Crippen LogP contribution in [-0.4, -0.2) is 43.8 Å². The molecular weight excluding hydrogens is 188 g/mol. The van der Waals surface area contributed by atoms with Crippen LogP contribution in [0, 0.1) is 5.92 Å². The minimum atomic E-state index is 0.583. The molecule has 2 N–H and O–H groups in total. The van der Waals surface area contributed by atoms with E-state index in [0.717, 1.165) is 31.7 Å². The van der Waals surface area contributed by atoms with Gasteiger partial charge < -0.3 is 10.5 Å². The van der Waals surface area contributed by atoms with Gasteiger partial charge in [-0.25, -0.2) is 0 Å². The van der Waals surface area contributed by atoms with Crippen molar-refractivity contribution in [3.05, 3.63) is 0 Å². The summed E-state index contributed by atoms with van der Waals surface area (Å²) in [4.78, 5) is 2.54. The molecule has 1 aliphatic carbocycles. The van der Waals surface area contributed by atoms with Crippen molar-refractivity contribution < 1.29 is 4.74 Å². The third-order valence-corrected chi connectivity index (χ3v) is 4.23. The fourth-order valence-electron chi connectivity index (χ4n) is 2.86. The Balaban J connectivity index is 1.88. The first-order chi connectivity index (χ1) is 7.33. The summed E-state index contributed by atoms with van der Waals surface area (Å²) in [5, 5.41) is 0. The van der Waals surface area contributed by atoms with Crippen molar-refractivity contribution in [2.24, 2.45) is 11.7 Å². The Morgan fingerprint density at radius 3 is 2.40 bits per heavy atom. The van der Waals surface area contributed by atoms with Crippen molar-refractivity contribution in [2.45, 2.75) is 44.2 Å². The minimum absolute atomic E-state index is 0.583. The van der Waals surface area contributed by atoms with Crippen molar-refractivity contribution in [3.63, 3.8) is 0 Å². The van der Waals surface area contributed by atoms with E-state index in [1.54, 1.807) is 0 Å². The normalized spacial score (nSPS) is 26.6. The van der Waals surface area contributed by atoms with Gasteiger partial charge in [0.25, 0.3) is 0 Å². The molecule has 3 heteroatoms. The maximum absolute atomic E-state index is 5.94. The highest BCUT2D eigenvalue weighted by Crippen LogP contribution is 2.29. The highest BCUT2D eigenvalue weighted by atomic mass is 16.5. The molecule has 2 rings (SSSR count). The Bertz CT molecular complexity index is 186. The first-order valence-electron chi connectivity index (χ1n) is 6.32. The molecule has 15 heavy (non-hydrogen) atoms. The number of likely N-dealkylation sites (N-methyl/N-ethyl adjacent to an activating group) is 1. The van der Waals surface area contributed by atoms with E-state index >= 15 is 0 Å². The van der Waals surface area contributed by atoms with Crippen molar-refractivity contribution in [1.29, 1.82) is 0 Å². The standard InChI is InChI=1S/C12H24N2O/c1-14(11-3-2-4-11)12(9-13)10-5-7-15-8-6-10/h10-12H,2-9,13H2,1H3. The number of hydrogen-bond donors (Lipinski definition) is 1. The summed E-state index contributed by atoms with van der Waals surface area (Å²) in [5.74, 6) is 0.759. The van der Waals surface area contributed by atoms with Crippen LogP contribution in [0.1, 0.15) is 32.1 Å². The highest BCUT2D eigenvalue weighted by Gasteiger charge is 2.32. The number of ether oxygens (including phenoxy) is 1. The molecule has 1 aliphatic heterocycles. The number of nitrogens with two attached hydrogens (primary N) is 1. The van der Waals surface area contributed by atoms with E-state index in [0.29, 0.717) is 6.04 Å². The molecule has 0 spiro atoms. The molecule has 1 saturated carbocycles. The van der Waals surface area contributed by atoms with Gasteiger partial charge in [-0.15, -0.1) is 0 Å². The van der Waals surface area contributed by atoms with E-state index in [-0.39, 0.29) is 0 Å². The highest BCUT2D eigenvalue weighted by molar-refractivity contribution is 4.87. The van der Waals surface area contributed by atoms with Crippen LogP contribution >= 0.6 is 0 Å². The van der Waals surface area contributed by atoms with Gasteiger partial charge in [0.1, 0.15) is 0 Å². The predicted molar refractivity (Wildman–Crippen MR) is 61.8 cm³/mol. The monoisotopic (exact) mass is 212 g/mol. The molecule has 0 aromatic carbocycles. The van der Waals surface area contributed by atoms with Crippen LogP contribution in [0.25, 0.3) is 0 Å². The SMILES string of the molecule is CN(C1CCC1)C(CN)C1CCOCC1. The average molecular weight is 212 g/mol. The fraction of sp³-hybridized carbons (Fsp3) is 1.00. The maximum atomic E-state index is 5.94. The summed E-state index contributed by atoms with van der Waals surface area (Å²) < 4.78 is 5.42. The molecule has 0 aromatic heterocycles. The number of hydrogen-bond acceptors (Lipinski definition) is 3. The van der Waals surface area contributed by atoms with Crippen LogP contribution in [0.4, 0.5) is 0 Å². The van der Waals surface area contributed by atoms with Gasteiger partial charge in [0.15, 0.2) is 0 Å². The Morgan fingerprint density at radius 2 is 1.93 bits per heavy atom. The minimum Gasteiger partial charge on any atom is -0.381 e. The average Bonchev–Trinajstić information content (AvgIpc) is 2.18. The lowest BCUT2D eigenvalue weighted by Gasteiger charge is -2.43. The topological polar surface area (TPSA) is 38.5 Å². The van der Waals surface area contributed by atoms with E-state index in [1.807, 2.05) is 0 Å². The van der Waals surface area contributed by atoms with Gasteiger partial charge in [-0.3, -0.25) is 4.90 Å². The fourth-order valence-corrected chi connectivity index (χ4v) is 2.86. The van der Waals surface area contributed by atoms with Crippen molar-refractivity contribution in [1.82, 2.24) is 4.90 Å². The van der Waals surface area contributed by atoms with E-state index in [1.165, 1.54) is 32.1 Å². The van der Waals surface area contributed by atoms with Crippen LogP contribution < -0.4 is 5.73 Å². The first-order valence-corrected chi connectivity index (χ1v) is 6.32. The van der Waals surface area contributed by atoms with Gasteiger partial charge in [-0.05, 0) is 38.6 Å². The van der Waals surface area contributed by atoms with Crippen LogP contribution in [0.5, 0.6) is 0 Å². The second kappa shape index (κ2) is 5.28. The zero-order chi connectivity index (χ0) is 10.7. The Morgan fingerprint density at radius 1 is 1.27 bits per heavy atom. The first kappa shape index (κ1) is 11.4.